The Balaban J connectivity index is 0.00000137. The Morgan fingerprint density at radius 3 is 2.17 bits per heavy atom. The van der Waals surface area contributed by atoms with Gasteiger partial charge in [-0.15, -0.1) is 11.3 Å². The lowest BCUT2D eigenvalue weighted by Crippen LogP contribution is -2.24. The molecule has 0 bridgehead atoms. The smallest absolute Gasteiger partial charge is 0.341 e. The third-order valence-corrected chi connectivity index (χ3v) is 2.97. The molecule has 0 fully saturated rings. The van der Waals surface area contributed by atoms with Gasteiger partial charge in [-0.2, -0.15) is 0 Å². The van der Waals surface area contributed by atoms with Gasteiger partial charge in [-0.1, -0.05) is 13.8 Å². The molecule has 5 heteroatoms. The molecule has 102 valence electrons. The average molecular weight is 271 g/mol. The fourth-order valence-electron chi connectivity index (χ4n) is 1.25. The molecule has 0 amide bonds. The van der Waals surface area contributed by atoms with E-state index in [4.69, 9.17) is 10.5 Å². The highest BCUT2D eigenvalue weighted by molar-refractivity contribution is 7.18. The van der Waals surface area contributed by atoms with Gasteiger partial charge < -0.3 is 10.5 Å². The first-order valence-corrected chi connectivity index (χ1v) is 6.65. The first kappa shape index (κ1) is 16.6. The molecule has 18 heavy (non-hydrogen) atoms. The molecule has 0 spiro atoms. The molecule has 1 rings (SSSR count). The number of carbonyl (C=O) groups excluding carboxylic acids is 2. The summed E-state index contributed by atoms with van der Waals surface area (Å²) >= 11 is 1.10. The third kappa shape index (κ3) is 4.14. The summed E-state index contributed by atoms with van der Waals surface area (Å²) < 4.78 is 5.22. The van der Waals surface area contributed by atoms with Crippen molar-refractivity contribution in [2.75, 3.05) is 5.73 Å². The van der Waals surface area contributed by atoms with E-state index in [2.05, 4.69) is 0 Å². The SMILES string of the molecule is CC.Cc1c(C=O)sc(N)c1C(=O)OC(C)(C)C. The van der Waals surface area contributed by atoms with Gasteiger partial charge in [-0.05, 0) is 33.3 Å². The number of thiophene rings is 1. The van der Waals surface area contributed by atoms with Gasteiger partial charge in [0.05, 0.1) is 10.4 Å². The zero-order chi connectivity index (χ0) is 14.5. The Morgan fingerprint density at radius 1 is 1.33 bits per heavy atom. The van der Waals surface area contributed by atoms with Crippen LogP contribution in [0.15, 0.2) is 0 Å². The monoisotopic (exact) mass is 271 g/mol. The molecular weight excluding hydrogens is 250 g/mol. The largest absolute Gasteiger partial charge is 0.456 e. The first-order chi connectivity index (χ1) is 8.26. The second-order valence-electron chi connectivity index (χ2n) is 4.45. The van der Waals surface area contributed by atoms with Crippen molar-refractivity contribution in [3.05, 3.63) is 16.0 Å². The fraction of sp³-hybridized carbons (Fsp3) is 0.538. The molecule has 1 aromatic rings. The number of nitrogen functional groups attached to an aromatic ring is 1. The first-order valence-electron chi connectivity index (χ1n) is 5.83. The fourth-order valence-corrected chi connectivity index (χ4v) is 2.13. The van der Waals surface area contributed by atoms with Crippen LogP contribution in [0.25, 0.3) is 0 Å². The minimum absolute atomic E-state index is 0.307. The molecule has 2 N–H and O–H groups in total. The summed E-state index contributed by atoms with van der Waals surface area (Å²) in [7, 11) is 0. The molecule has 0 aliphatic rings. The van der Waals surface area contributed by atoms with E-state index in [1.54, 1.807) is 27.7 Å². The van der Waals surface area contributed by atoms with E-state index in [-0.39, 0.29) is 0 Å². The van der Waals surface area contributed by atoms with E-state index >= 15 is 0 Å². The third-order valence-electron chi connectivity index (χ3n) is 1.92. The van der Waals surface area contributed by atoms with Gasteiger partial charge in [0.25, 0.3) is 0 Å². The van der Waals surface area contributed by atoms with Crippen LogP contribution in [0.3, 0.4) is 0 Å². The maximum atomic E-state index is 11.8. The van der Waals surface area contributed by atoms with Gasteiger partial charge in [0.2, 0.25) is 0 Å². The van der Waals surface area contributed by atoms with Crippen molar-refractivity contribution in [3.63, 3.8) is 0 Å². The van der Waals surface area contributed by atoms with E-state index in [9.17, 15) is 9.59 Å². The quantitative estimate of drug-likeness (QED) is 0.661. The van der Waals surface area contributed by atoms with Gasteiger partial charge in [0.15, 0.2) is 6.29 Å². The standard InChI is InChI=1S/C11H15NO3S.C2H6/c1-6-7(5-13)16-9(12)8(6)10(14)15-11(2,3)4;1-2/h5H,12H2,1-4H3;1-2H3. The Bertz CT molecular complexity index is 430. The lowest BCUT2D eigenvalue weighted by atomic mass is 10.1. The highest BCUT2D eigenvalue weighted by atomic mass is 32.1. The molecule has 1 aromatic heterocycles. The lowest BCUT2D eigenvalue weighted by Gasteiger charge is -2.19. The van der Waals surface area contributed by atoms with Gasteiger partial charge in [-0.3, -0.25) is 4.79 Å². The molecular formula is C13H21NO3S. The predicted molar refractivity (Wildman–Crippen MR) is 75.4 cm³/mol. The highest BCUT2D eigenvalue weighted by Crippen LogP contribution is 2.30. The van der Waals surface area contributed by atoms with Gasteiger partial charge in [0, 0.05) is 0 Å². The van der Waals surface area contributed by atoms with Crippen LogP contribution in [-0.2, 0) is 4.74 Å². The van der Waals surface area contributed by atoms with Gasteiger partial charge in [0.1, 0.15) is 10.6 Å². The summed E-state index contributed by atoms with van der Waals surface area (Å²) in [4.78, 5) is 23.0. The molecule has 0 saturated heterocycles. The number of esters is 1. The Morgan fingerprint density at radius 2 is 1.83 bits per heavy atom. The van der Waals surface area contributed by atoms with Crippen LogP contribution >= 0.6 is 11.3 Å². The van der Waals surface area contributed by atoms with E-state index in [1.165, 1.54) is 0 Å². The number of rotatable bonds is 2. The normalized spacial score (nSPS) is 10.3. The number of ether oxygens (including phenoxy) is 1. The number of nitrogens with two attached hydrogens (primary N) is 1. The molecule has 0 aliphatic carbocycles. The number of hydrogen-bond donors (Lipinski definition) is 1. The van der Waals surface area contributed by atoms with Crippen molar-refractivity contribution < 1.29 is 14.3 Å². The summed E-state index contributed by atoms with van der Waals surface area (Å²) in [6, 6.07) is 0. The topological polar surface area (TPSA) is 69.4 Å². The van der Waals surface area contributed by atoms with E-state index in [1.807, 2.05) is 13.8 Å². The van der Waals surface area contributed by atoms with Crippen LogP contribution in [0, 0.1) is 6.92 Å². The van der Waals surface area contributed by atoms with Crippen molar-refractivity contribution in [3.8, 4) is 0 Å². The highest BCUT2D eigenvalue weighted by Gasteiger charge is 2.24. The minimum atomic E-state index is -0.570. The number of anilines is 1. The lowest BCUT2D eigenvalue weighted by molar-refractivity contribution is 0.00706. The number of aldehydes is 1. The Labute approximate surface area is 112 Å². The Hall–Kier alpha value is -1.36. The van der Waals surface area contributed by atoms with E-state index < -0.39 is 11.6 Å². The average Bonchev–Trinajstić information content (AvgIpc) is 2.54. The summed E-state index contributed by atoms with van der Waals surface area (Å²) in [6.07, 6.45) is 0.699. The van der Waals surface area contributed by atoms with Crippen molar-refractivity contribution in [1.29, 1.82) is 0 Å². The van der Waals surface area contributed by atoms with Crippen molar-refractivity contribution in [2.24, 2.45) is 0 Å². The molecule has 0 aromatic carbocycles. The maximum Gasteiger partial charge on any atom is 0.341 e. The van der Waals surface area contributed by atoms with E-state index in [0.29, 0.717) is 27.3 Å². The molecule has 0 aliphatic heterocycles. The zero-order valence-electron chi connectivity index (χ0n) is 11.8. The summed E-state index contributed by atoms with van der Waals surface area (Å²) in [6.45, 7) is 11.0. The molecule has 0 atom stereocenters. The molecule has 0 unspecified atom stereocenters. The van der Waals surface area contributed by atoms with Crippen LogP contribution in [0.1, 0.15) is 60.2 Å². The molecule has 0 radical (unpaired) electrons. The van der Waals surface area contributed by atoms with Crippen LogP contribution in [-0.4, -0.2) is 17.9 Å². The van der Waals surface area contributed by atoms with Crippen molar-refractivity contribution >= 4 is 28.6 Å². The van der Waals surface area contributed by atoms with Crippen LogP contribution in [0.4, 0.5) is 5.00 Å². The van der Waals surface area contributed by atoms with Crippen LogP contribution < -0.4 is 5.73 Å². The Kier molecular flexibility index (Phi) is 6.05. The van der Waals surface area contributed by atoms with Crippen molar-refractivity contribution in [2.45, 2.75) is 47.1 Å². The van der Waals surface area contributed by atoms with Crippen molar-refractivity contribution in [1.82, 2.24) is 0 Å². The zero-order valence-corrected chi connectivity index (χ0v) is 12.6. The van der Waals surface area contributed by atoms with Gasteiger partial charge >= 0.3 is 5.97 Å². The summed E-state index contributed by atoms with van der Waals surface area (Å²) in [5.74, 6) is -0.480. The molecule has 4 nitrogen and oxygen atoms in total. The second-order valence-corrected chi connectivity index (χ2v) is 5.53. The number of hydrogen-bond acceptors (Lipinski definition) is 5. The second kappa shape index (κ2) is 6.54. The number of carbonyl (C=O) groups is 2. The minimum Gasteiger partial charge on any atom is -0.456 e. The summed E-state index contributed by atoms with van der Waals surface area (Å²) in [5.41, 5.74) is 6.02. The predicted octanol–water partition coefficient (Wildman–Crippen LogP) is 3.43. The van der Waals surface area contributed by atoms with Gasteiger partial charge in [-0.25, -0.2) is 4.79 Å². The van der Waals surface area contributed by atoms with E-state index in [0.717, 1.165) is 11.3 Å². The summed E-state index contributed by atoms with van der Waals surface area (Å²) in [5, 5.41) is 0.328. The molecule has 0 saturated carbocycles. The van der Waals surface area contributed by atoms with Crippen LogP contribution in [0.5, 0.6) is 0 Å². The van der Waals surface area contributed by atoms with Crippen LogP contribution in [0.2, 0.25) is 0 Å². The molecule has 1 heterocycles. The maximum absolute atomic E-state index is 11.8.